The Morgan fingerprint density at radius 3 is 2.33 bits per heavy atom. The molecular formula is C19H29N3O2. The van der Waals surface area contributed by atoms with Crippen LogP contribution in [-0.2, 0) is 10.2 Å². The summed E-state index contributed by atoms with van der Waals surface area (Å²) in [6, 6.07) is 8.35. The summed E-state index contributed by atoms with van der Waals surface area (Å²) < 4.78 is 0. The van der Waals surface area contributed by atoms with Crippen molar-refractivity contribution >= 4 is 11.9 Å². The number of imide groups is 1. The number of hydrogen-bond donors (Lipinski definition) is 2. The van der Waals surface area contributed by atoms with Gasteiger partial charge in [0, 0.05) is 19.1 Å². The molecular weight excluding hydrogens is 302 g/mol. The Kier molecular flexibility index (Phi) is 5.65. The summed E-state index contributed by atoms with van der Waals surface area (Å²) in [5.74, 6) is 0.160. The second-order valence-corrected chi connectivity index (χ2v) is 7.75. The van der Waals surface area contributed by atoms with Crippen LogP contribution in [-0.4, -0.2) is 36.5 Å². The van der Waals surface area contributed by atoms with E-state index in [1.54, 1.807) is 0 Å². The summed E-state index contributed by atoms with van der Waals surface area (Å²) in [5, 5.41) is 5.97. The minimum absolute atomic E-state index is 0.0774. The maximum Gasteiger partial charge on any atom is 0.324 e. The first-order valence-corrected chi connectivity index (χ1v) is 8.62. The fraction of sp³-hybridized carbons (Fsp3) is 0.579. The maximum atomic E-state index is 12.2. The molecule has 5 nitrogen and oxygen atoms in total. The van der Waals surface area contributed by atoms with Gasteiger partial charge in [-0.25, -0.2) is 4.79 Å². The van der Waals surface area contributed by atoms with Gasteiger partial charge in [0.15, 0.2) is 0 Å². The third kappa shape index (κ3) is 4.35. The summed E-state index contributed by atoms with van der Waals surface area (Å²) in [5.41, 5.74) is 2.58. The van der Waals surface area contributed by atoms with Crippen molar-refractivity contribution in [3.8, 4) is 0 Å². The molecule has 0 aliphatic carbocycles. The molecule has 2 rings (SSSR count). The lowest BCUT2D eigenvalue weighted by molar-refractivity contribution is -0.126. The minimum Gasteiger partial charge on any atom is -0.336 e. The van der Waals surface area contributed by atoms with Gasteiger partial charge in [0.1, 0.15) is 0 Å². The molecule has 0 aromatic heterocycles. The quantitative estimate of drug-likeness (QED) is 0.872. The third-order valence-corrected chi connectivity index (χ3v) is 4.43. The number of nitrogens with zero attached hydrogens (tertiary/aromatic N) is 1. The molecule has 5 heteroatoms. The van der Waals surface area contributed by atoms with Crippen LogP contribution in [0.25, 0.3) is 0 Å². The molecule has 1 aromatic rings. The van der Waals surface area contributed by atoms with Crippen molar-refractivity contribution in [1.82, 2.24) is 15.5 Å². The molecule has 0 radical (unpaired) electrons. The number of urea groups is 1. The first kappa shape index (κ1) is 18.5. The Morgan fingerprint density at radius 2 is 1.88 bits per heavy atom. The number of benzene rings is 1. The van der Waals surface area contributed by atoms with Gasteiger partial charge in [-0.3, -0.25) is 9.69 Å². The van der Waals surface area contributed by atoms with Crippen LogP contribution in [0.4, 0.5) is 4.79 Å². The van der Waals surface area contributed by atoms with E-state index in [0.29, 0.717) is 19.0 Å². The minimum atomic E-state index is -0.294. The van der Waals surface area contributed by atoms with Crippen LogP contribution in [0.1, 0.15) is 51.8 Å². The monoisotopic (exact) mass is 331 g/mol. The highest BCUT2D eigenvalue weighted by Crippen LogP contribution is 2.26. The molecule has 1 aromatic carbocycles. The average Bonchev–Trinajstić information content (AvgIpc) is 2.92. The summed E-state index contributed by atoms with van der Waals surface area (Å²) >= 11 is 0. The molecule has 24 heavy (non-hydrogen) atoms. The van der Waals surface area contributed by atoms with E-state index in [4.69, 9.17) is 0 Å². The van der Waals surface area contributed by atoms with Crippen LogP contribution < -0.4 is 10.6 Å². The first-order chi connectivity index (χ1) is 11.2. The van der Waals surface area contributed by atoms with Gasteiger partial charge in [0.05, 0.1) is 6.54 Å². The van der Waals surface area contributed by atoms with Gasteiger partial charge in [-0.05, 0) is 22.5 Å². The zero-order valence-corrected chi connectivity index (χ0v) is 15.3. The molecule has 1 aliphatic rings. The maximum absolute atomic E-state index is 12.2. The number of rotatable bonds is 5. The van der Waals surface area contributed by atoms with E-state index in [9.17, 15) is 9.59 Å². The molecule has 0 bridgehead atoms. The number of carbonyl (C=O) groups excluding carboxylic acids is 2. The zero-order valence-electron chi connectivity index (χ0n) is 15.3. The molecule has 1 heterocycles. The first-order valence-electron chi connectivity index (χ1n) is 8.62. The molecule has 1 saturated heterocycles. The Morgan fingerprint density at radius 1 is 1.25 bits per heavy atom. The number of nitrogens with one attached hydrogen (secondary N) is 2. The van der Waals surface area contributed by atoms with Crippen molar-refractivity contribution in [3.63, 3.8) is 0 Å². The second-order valence-electron chi connectivity index (χ2n) is 7.75. The van der Waals surface area contributed by atoms with Crippen LogP contribution in [0.2, 0.25) is 0 Å². The Hall–Kier alpha value is -1.88. The van der Waals surface area contributed by atoms with Gasteiger partial charge in [-0.2, -0.15) is 0 Å². The lowest BCUT2D eigenvalue weighted by Gasteiger charge is -2.25. The SMILES string of the molecule is CC(C)[C@@H](NCC(=O)N1CCNC1=O)c1ccc(C(C)(C)C)cc1. The van der Waals surface area contributed by atoms with Gasteiger partial charge >= 0.3 is 6.03 Å². The van der Waals surface area contributed by atoms with E-state index in [2.05, 4.69) is 69.5 Å². The molecule has 2 N–H and O–H groups in total. The van der Waals surface area contributed by atoms with Gasteiger partial charge in [-0.15, -0.1) is 0 Å². The van der Waals surface area contributed by atoms with Crippen molar-refractivity contribution in [2.24, 2.45) is 5.92 Å². The molecule has 132 valence electrons. The summed E-state index contributed by atoms with van der Waals surface area (Å²) in [6.45, 7) is 12.0. The van der Waals surface area contributed by atoms with Gasteiger partial charge < -0.3 is 10.6 Å². The van der Waals surface area contributed by atoms with Gasteiger partial charge in [0.2, 0.25) is 5.91 Å². The largest absolute Gasteiger partial charge is 0.336 e. The van der Waals surface area contributed by atoms with E-state index in [0.717, 1.165) is 5.56 Å². The van der Waals surface area contributed by atoms with Crippen LogP contribution in [0.3, 0.4) is 0 Å². The highest BCUT2D eigenvalue weighted by molar-refractivity contribution is 5.96. The summed E-state index contributed by atoms with van der Waals surface area (Å²) in [7, 11) is 0. The van der Waals surface area contributed by atoms with E-state index >= 15 is 0 Å². The second kappa shape index (κ2) is 7.34. The predicted molar refractivity (Wildman–Crippen MR) is 95.8 cm³/mol. The zero-order chi connectivity index (χ0) is 17.9. The highest BCUT2D eigenvalue weighted by atomic mass is 16.2. The van der Waals surface area contributed by atoms with Crippen LogP contribution in [0, 0.1) is 5.92 Å². The Labute approximate surface area is 144 Å². The number of hydrogen-bond acceptors (Lipinski definition) is 3. The van der Waals surface area contributed by atoms with Crippen molar-refractivity contribution in [2.45, 2.75) is 46.1 Å². The number of amides is 3. The smallest absolute Gasteiger partial charge is 0.324 e. The topological polar surface area (TPSA) is 61.4 Å². The molecule has 1 aliphatic heterocycles. The van der Waals surface area contributed by atoms with E-state index < -0.39 is 0 Å². The fourth-order valence-electron chi connectivity index (χ4n) is 2.93. The summed E-state index contributed by atoms with van der Waals surface area (Å²) in [6.07, 6.45) is 0. The van der Waals surface area contributed by atoms with Gasteiger partial charge in [-0.1, -0.05) is 58.9 Å². The standard InChI is InChI=1S/C19H29N3O2/c1-13(2)17(14-6-8-15(9-7-14)19(3,4)5)21-12-16(23)22-11-10-20-18(22)24/h6-9,13,17,21H,10-12H2,1-5H3,(H,20,24)/t17-/m1/s1. The average molecular weight is 331 g/mol. The lowest BCUT2D eigenvalue weighted by atomic mass is 9.85. The molecule has 0 spiro atoms. The van der Waals surface area contributed by atoms with Crippen molar-refractivity contribution < 1.29 is 9.59 Å². The van der Waals surface area contributed by atoms with Crippen LogP contribution in [0.5, 0.6) is 0 Å². The fourth-order valence-corrected chi connectivity index (χ4v) is 2.93. The molecule has 0 unspecified atom stereocenters. The van der Waals surface area contributed by atoms with Crippen molar-refractivity contribution in [1.29, 1.82) is 0 Å². The molecule has 1 atom stereocenters. The van der Waals surface area contributed by atoms with Crippen molar-refractivity contribution in [2.75, 3.05) is 19.6 Å². The van der Waals surface area contributed by atoms with Gasteiger partial charge in [0.25, 0.3) is 0 Å². The van der Waals surface area contributed by atoms with Crippen LogP contribution in [0.15, 0.2) is 24.3 Å². The lowest BCUT2D eigenvalue weighted by Crippen LogP contribution is -2.41. The van der Waals surface area contributed by atoms with Crippen LogP contribution >= 0.6 is 0 Å². The van der Waals surface area contributed by atoms with E-state index in [1.165, 1.54) is 10.5 Å². The highest BCUT2D eigenvalue weighted by Gasteiger charge is 2.27. The Balaban J connectivity index is 2.04. The number of carbonyl (C=O) groups is 2. The Bertz CT molecular complexity index is 588. The summed E-state index contributed by atoms with van der Waals surface area (Å²) in [4.78, 5) is 25.0. The third-order valence-electron chi connectivity index (χ3n) is 4.43. The van der Waals surface area contributed by atoms with E-state index in [1.807, 2.05) is 0 Å². The predicted octanol–water partition coefficient (Wildman–Crippen LogP) is 2.82. The molecule has 0 saturated carbocycles. The molecule has 1 fully saturated rings. The van der Waals surface area contributed by atoms with E-state index in [-0.39, 0.29) is 29.9 Å². The van der Waals surface area contributed by atoms with Crippen molar-refractivity contribution in [3.05, 3.63) is 35.4 Å². The normalized spacial score (nSPS) is 16.4. The molecule has 3 amide bonds.